The molecule has 3 heterocycles. The van der Waals surface area contributed by atoms with Gasteiger partial charge < -0.3 is 4.90 Å². The van der Waals surface area contributed by atoms with E-state index in [1.165, 1.54) is 0 Å². The Labute approximate surface area is 173 Å². The van der Waals surface area contributed by atoms with Gasteiger partial charge in [-0.05, 0) is 62.2 Å². The Kier molecular flexibility index (Phi) is 6.66. The molecule has 0 aliphatic carbocycles. The molecule has 160 valence electrons. The molecule has 0 N–H and O–H groups in total. The highest BCUT2D eigenvalue weighted by Crippen LogP contribution is 2.35. The van der Waals surface area contributed by atoms with Gasteiger partial charge >= 0.3 is 0 Å². The summed E-state index contributed by atoms with van der Waals surface area (Å²) in [6.07, 6.45) is 7.12. The summed E-state index contributed by atoms with van der Waals surface area (Å²) in [5.41, 5.74) is 0.742. The first kappa shape index (κ1) is 21.4. The van der Waals surface area contributed by atoms with E-state index in [0.29, 0.717) is 25.4 Å². The zero-order chi connectivity index (χ0) is 21.0. The average Bonchev–Trinajstić information content (AvgIpc) is 3.33. The summed E-state index contributed by atoms with van der Waals surface area (Å²) in [7, 11) is 4.11. The molecule has 2 aromatic heterocycles. The van der Waals surface area contributed by atoms with Crippen LogP contribution in [0.25, 0.3) is 0 Å². The van der Waals surface area contributed by atoms with E-state index in [4.69, 9.17) is 0 Å². The first-order valence-corrected chi connectivity index (χ1v) is 10.5. The molecule has 0 bridgehead atoms. The summed E-state index contributed by atoms with van der Waals surface area (Å²) in [5.74, 6) is 1.60. The van der Waals surface area contributed by atoms with Gasteiger partial charge in [-0.1, -0.05) is 13.8 Å². The van der Waals surface area contributed by atoms with Crippen molar-refractivity contribution in [1.29, 1.82) is 0 Å². The molecule has 1 saturated heterocycles. The van der Waals surface area contributed by atoms with Crippen molar-refractivity contribution in [2.75, 3.05) is 27.2 Å². The molecule has 0 spiro atoms. The molecule has 0 saturated carbocycles. The molecule has 0 radical (unpaired) electrons. The number of aryl methyl sites for hydroxylation is 3. The third-order valence-corrected chi connectivity index (χ3v) is 5.86. The van der Waals surface area contributed by atoms with Crippen LogP contribution in [0.2, 0.25) is 0 Å². The third kappa shape index (κ3) is 4.83. The van der Waals surface area contributed by atoms with Crippen molar-refractivity contribution in [3.63, 3.8) is 0 Å². The van der Waals surface area contributed by atoms with Gasteiger partial charge in [0.25, 0.3) is 0 Å². The maximum atomic E-state index is 13.0. The summed E-state index contributed by atoms with van der Waals surface area (Å²) in [6, 6.07) is 0. The van der Waals surface area contributed by atoms with E-state index >= 15 is 0 Å². The number of hydrogen-bond acceptors (Lipinski definition) is 6. The third-order valence-electron chi connectivity index (χ3n) is 5.86. The Morgan fingerprint density at radius 2 is 2.10 bits per heavy atom. The fourth-order valence-electron chi connectivity index (χ4n) is 4.02. The minimum absolute atomic E-state index is 0.158. The van der Waals surface area contributed by atoms with E-state index in [1.807, 2.05) is 33.6 Å². The lowest BCUT2D eigenvalue weighted by Gasteiger charge is -2.46. The van der Waals surface area contributed by atoms with Crippen LogP contribution >= 0.6 is 0 Å². The lowest BCUT2D eigenvalue weighted by molar-refractivity contribution is -0.135. The minimum atomic E-state index is -0.364. The monoisotopic (exact) mass is 402 g/mol. The number of carbonyl (C=O) groups excluding carboxylic acids is 1. The number of piperidine rings is 1. The van der Waals surface area contributed by atoms with Crippen LogP contribution in [0.5, 0.6) is 0 Å². The molecule has 9 heteroatoms. The quantitative estimate of drug-likeness (QED) is 0.668. The van der Waals surface area contributed by atoms with Gasteiger partial charge in [-0.25, -0.2) is 4.68 Å². The minimum Gasteiger partial charge on any atom is -0.340 e. The van der Waals surface area contributed by atoms with Crippen molar-refractivity contribution in [2.45, 2.75) is 65.1 Å². The van der Waals surface area contributed by atoms with Gasteiger partial charge in [0.2, 0.25) is 5.91 Å². The highest BCUT2D eigenvalue weighted by molar-refractivity contribution is 5.76. The van der Waals surface area contributed by atoms with Gasteiger partial charge in [0, 0.05) is 38.8 Å². The number of likely N-dealkylation sites (tertiary alicyclic amines) is 1. The van der Waals surface area contributed by atoms with Crippen LogP contribution in [0.4, 0.5) is 0 Å². The molecular formula is C20H34N8O. The lowest BCUT2D eigenvalue weighted by Crippen LogP contribution is -2.56. The highest BCUT2D eigenvalue weighted by atomic mass is 16.2. The smallest absolute Gasteiger partial charge is 0.224 e. The van der Waals surface area contributed by atoms with Crippen molar-refractivity contribution < 1.29 is 4.79 Å². The van der Waals surface area contributed by atoms with Crippen LogP contribution in [-0.2, 0) is 23.4 Å². The SMILES string of the molecule is Cc1cnn(CCC(=O)N2CCCC(c3nnnn3CCC(C)C)(N(C)C)C2)c1. The van der Waals surface area contributed by atoms with Crippen molar-refractivity contribution in [3.05, 3.63) is 23.8 Å². The van der Waals surface area contributed by atoms with Crippen LogP contribution in [0.1, 0.15) is 50.9 Å². The van der Waals surface area contributed by atoms with Crippen molar-refractivity contribution >= 4 is 5.91 Å². The van der Waals surface area contributed by atoms with Crippen LogP contribution in [-0.4, -0.2) is 72.9 Å². The number of nitrogens with zero attached hydrogens (tertiary/aromatic N) is 8. The molecule has 1 amide bonds. The van der Waals surface area contributed by atoms with Crippen molar-refractivity contribution in [3.8, 4) is 0 Å². The maximum absolute atomic E-state index is 13.0. The summed E-state index contributed by atoms with van der Waals surface area (Å²) >= 11 is 0. The van der Waals surface area contributed by atoms with E-state index in [9.17, 15) is 4.79 Å². The molecule has 0 aromatic carbocycles. The largest absolute Gasteiger partial charge is 0.340 e. The molecule has 1 atom stereocenters. The lowest BCUT2D eigenvalue weighted by atomic mass is 9.86. The second kappa shape index (κ2) is 9.02. The van der Waals surface area contributed by atoms with Crippen LogP contribution in [0, 0.1) is 12.8 Å². The molecule has 1 unspecified atom stereocenters. The Bertz CT molecular complexity index is 811. The first-order valence-electron chi connectivity index (χ1n) is 10.5. The second-order valence-corrected chi connectivity index (χ2v) is 8.78. The number of aromatic nitrogens is 6. The molecule has 1 fully saturated rings. The molecule has 29 heavy (non-hydrogen) atoms. The molecule has 1 aliphatic rings. The second-order valence-electron chi connectivity index (χ2n) is 8.78. The van der Waals surface area contributed by atoms with Gasteiger partial charge in [-0.2, -0.15) is 5.10 Å². The zero-order valence-electron chi connectivity index (χ0n) is 18.4. The first-order chi connectivity index (χ1) is 13.8. The maximum Gasteiger partial charge on any atom is 0.224 e. The van der Waals surface area contributed by atoms with E-state index < -0.39 is 0 Å². The summed E-state index contributed by atoms with van der Waals surface area (Å²) in [5, 5.41) is 16.9. The number of tetrazole rings is 1. The Morgan fingerprint density at radius 1 is 1.31 bits per heavy atom. The number of rotatable bonds is 8. The summed E-state index contributed by atoms with van der Waals surface area (Å²) < 4.78 is 3.77. The Balaban J connectivity index is 1.74. The van der Waals surface area contributed by atoms with Crippen LogP contribution < -0.4 is 0 Å². The fraction of sp³-hybridized carbons (Fsp3) is 0.750. The van der Waals surface area contributed by atoms with Crippen LogP contribution in [0.15, 0.2) is 12.4 Å². The average molecular weight is 403 g/mol. The standard InChI is InChI=1S/C20H34N8O/c1-16(2)7-12-28-19(22-23-24-28)20(25(4)5)9-6-10-26(15-20)18(29)8-11-27-14-17(3)13-21-27/h13-14,16H,6-12,15H2,1-5H3. The van der Waals surface area contributed by atoms with E-state index in [0.717, 1.165) is 43.7 Å². The van der Waals surface area contributed by atoms with E-state index in [-0.39, 0.29) is 11.4 Å². The fourth-order valence-corrected chi connectivity index (χ4v) is 4.02. The van der Waals surface area contributed by atoms with Gasteiger partial charge in [-0.3, -0.25) is 14.4 Å². The Hall–Kier alpha value is -2.29. The highest BCUT2D eigenvalue weighted by Gasteiger charge is 2.44. The predicted molar refractivity (Wildman–Crippen MR) is 110 cm³/mol. The molecule has 2 aromatic rings. The summed E-state index contributed by atoms with van der Waals surface area (Å²) in [6.45, 7) is 9.19. The number of carbonyl (C=O) groups is 1. The topological polar surface area (TPSA) is 85.0 Å². The molecule has 9 nitrogen and oxygen atoms in total. The molecular weight excluding hydrogens is 368 g/mol. The van der Waals surface area contributed by atoms with E-state index in [1.54, 1.807) is 0 Å². The number of amides is 1. The molecule has 1 aliphatic heterocycles. The molecule has 3 rings (SSSR count). The van der Waals surface area contributed by atoms with Crippen molar-refractivity contribution in [1.82, 2.24) is 39.8 Å². The normalized spacial score (nSPS) is 20.0. The number of likely N-dealkylation sites (N-methyl/N-ethyl adjacent to an activating group) is 1. The van der Waals surface area contributed by atoms with E-state index in [2.05, 4.69) is 53.5 Å². The van der Waals surface area contributed by atoms with Gasteiger partial charge in [0.15, 0.2) is 5.82 Å². The predicted octanol–water partition coefficient (Wildman–Crippen LogP) is 1.69. The van der Waals surface area contributed by atoms with Gasteiger partial charge in [0.1, 0.15) is 5.54 Å². The van der Waals surface area contributed by atoms with Gasteiger partial charge in [-0.15, -0.1) is 5.10 Å². The van der Waals surface area contributed by atoms with Crippen LogP contribution in [0.3, 0.4) is 0 Å². The van der Waals surface area contributed by atoms with Crippen molar-refractivity contribution in [2.24, 2.45) is 5.92 Å². The number of hydrogen-bond donors (Lipinski definition) is 0. The zero-order valence-corrected chi connectivity index (χ0v) is 18.4. The Morgan fingerprint density at radius 3 is 2.76 bits per heavy atom. The summed E-state index contributed by atoms with van der Waals surface area (Å²) in [4.78, 5) is 17.1. The van der Waals surface area contributed by atoms with Gasteiger partial charge in [0.05, 0.1) is 6.20 Å².